The number of hydrogen-bond acceptors (Lipinski definition) is 3. The van der Waals surface area contributed by atoms with E-state index in [9.17, 15) is 5.11 Å². The number of aliphatic hydroxyl groups is 1. The second-order valence-corrected chi connectivity index (χ2v) is 5.74. The lowest BCUT2D eigenvalue weighted by Crippen LogP contribution is -2.41. The second kappa shape index (κ2) is 3.79. The molecule has 2 aliphatic rings. The van der Waals surface area contributed by atoms with Gasteiger partial charge >= 0.3 is 0 Å². The van der Waals surface area contributed by atoms with Crippen LogP contribution in [0.2, 0.25) is 0 Å². The van der Waals surface area contributed by atoms with Crippen molar-refractivity contribution < 1.29 is 9.84 Å². The summed E-state index contributed by atoms with van der Waals surface area (Å²) in [4.78, 5) is 0. The third-order valence-electron chi connectivity index (χ3n) is 3.24. The van der Waals surface area contributed by atoms with Crippen LogP contribution in [0, 0.1) is 5.92 Å². The van der Waals surface area contributed by atoms with Crippen LogP contribution >= 0.6 is 11.8 Å². The summed E-state index contributed by atoms with van der Waals surface area (Å²) in [6.07, 6.45) is 3.07. The Kier molecular flexibility index (Phi) is 2.86. The molecule has 0 aromatic heterocycles. The molecule has 3 heteroatoms. The van der Waals surface area contributed by atoms with E-state index in [1.807, 2.05) is 11.8 Å². The largest absolute Gasteiger partial charge is 0.389 e. The van der Waals surface area contributed by atoms with Gasteiger partial charge in [-0.05, 0) is 25.2 Å². The van der Waals surface area contributed by atoms with Gasteiger partial charge < -0.3 is 9.84 Å². The Hall–Kier alpha value is 0.270. The maximum absolute atomic E-state index is 10.4. The molecular formula is C10H18O2S. The van der Waals surface area contributed by atoms with Crippen LogP contribution in [0.5, 0.6) is 0 Å². The van der Waals surface area contributed by atoms with E-state index in [1.54, 1.807) is 0 Å². The summed E-state index contributed by atoms with van der Waals surface area (Å²) in [6, 6.07) is 0. The maximum atomic E-state index is 10.4. The van der Waals surface area contributed by atoms with Crippen LogP contribution in [-0.4, -0.2) is 34.9 Å². The molecule has 0 amide bonds. The Bertz CT molecular complexity index is 180. The average Bonchev–Trinajstić information content (AvgIpc) is 2.49. The van der Waals surface area contributed by atoms with Crippen molar-refractivity contribution in [2.24, 2.45) is 5.92 Å². The van der Waals surface area contributed by atoms with Gasteiger partial charge in [0.05, 0.1) is 5.60 Å². The van der Waals surface area contributed by atoms with E-state index in [-0.39, 0.29) is 5.60 Å². The van der Waals surface area contributed by atoms with E-state index in [0.29, 0.717) is 11.2 Å². The molecule has 2 saturated heterocycles. The van der Waals surface area contributed by atoms with Gasteiger partial charge in [-0.1, -0.05) is 6.92 Å². The third kappa shape index (κ3) is 2.03. The van der Waals surface area contributed by atoms with Crippen molar-refractivity contribution in [1.29, 1.82) is 0 Å². The van der Waals surface area contributed by atoms with E-state index in [2.05, 4.69) is 6.92 Å². The van der Waals surface area contributed by atoms with Crippen molar-refractivity contribution in [3.05, 3.63) is 0 Å². The van der Waals surface area contributed by atoms with Gasteiger partial charge in [-0.25, -0.2) is 0 Å². The van der Waals surface area contributed by atoms with Crippen molar-refractivity contribution in [1.82, 2.24) is 0 Å². The molecule has 1 N–H and O–H groups in total. The van der Waals surface area contributed by atoms with Crippen LogP contribution in [-0.2, 0) is 4.74 Å². The first-order valence-corrected chi connectivity index (χ1v) is 6.17. The Morgan fingerprint density at radius 2 is 2.08 bits per heavy atom. The van der Waals surface area contributed by atoms with Gasteiger partial charge in [-0.2, -0.15) is 11.8 Å². The summed E-state index contributed by atoms with van der Waals surface area (Å²) < 4.78 is 5.31. The average molecular weight is 202 g/mol. The minimum atomic E-state index is -0.381. The van der Waals surface area contributed by atoms with E-state index in [1.165, 1.54) is 0 Å². The van der Waals surface area contributed by atoms with E-state index in [4.69, 9.17) is 4.74 Å². The molecule has 2 atom stereocenters. The Labute approximate surface area is 84.0 Å². The van der Waals surface area contributed by atoms with Crippen LogP contribution < -0.4 is 0 Å². The summed E-state index contributed by atoms with van der Waals surface area (Å²) in [5, 5.41) is 11.0. The number of thioether (sulfide) groups is 1. The van der Waals surface area contributed by atoms with Crippen molar-refractivity contribution in [2.45, 2.75) is 37.0 Å². The van der Waals surface area contributed by atoms with E-state index in [0.717, 1.165) is 38.2 Å². The maximum Gasteiger partial charge on any atom is 0.0778 e. The topological polar surface area (TPSA) is 29.5 Å². The van der Waals surface area contributed by atoms with Gasteiger partial charge in [0.2, 0.25) is 0 Å². The van der Waals surface area contributed by atoms with Crippen LogP contribution in [0.25, 0.3) is 0 Å². The molecule has 2 rings (SSSR count). The standard InChI is InChI=1S/C10H18O2S/c1-8-6-10(11,7-13-8)9-2-4-12-5-3-9/h8-9,11H,2-7H2,1H3. The minimum Gasteiger partial charge on any atom is -0.389 e. The smallest absolute Gasteiger partial charge is 0.0778 e. The van der Waals surface area contributed by atoms with Crippen molar-refractivity contribution in [3.8, 4) is 0 Å². The zero-order valence-corrected chi connectivity index (χ0v) is 8.98. The van der Waals surface area contributed by atoms with Gasteiger partial charge in [0.1, 0.15) is 0 Å². The molecule has 0 aliphatic carbocycles. The lowest BCUT2D eigenvalue weighted by molar-refractivity contribution is -0.0504. The molecular weight excluding hydrogens is 184 g/mol. The molecule has 0 saturated carbocycles. The summed E-state index contributed by atoms with van der Waals surface area (Å²) in [6.45, 7) is 3.89. The van der Waals surface area contributed by atoms with E-state index < -0.39 is 0 Å². The first-order chi connectivity index (χ1) is 6.21. The molecule has 2 fully saturated rings. The molecule has 0 bridgehead atoms. The summed E-state index contributed by atoms with van der Waals surface area (Å²) in [5.74, 6) is 1.41. The molecule has 2 nitrogen and oxygen atoms in total. The number of hydrogen-bond donors (Lipinski definition) is 1. The molecule has 0 aromatic rings. The van der Waals surface area contributed by atoms with Gasteiger partial charge in [0.15, 0.2) is 0 Å². The SMILES string of the molecule is CC1CC(O)(C2CCOCC2)CS1. The minimum absolute atomic E-state index is 0.381. The monoisotopic (exact) mass is 202 g/mol. The predicted octanol–water partition coefficient (Wildman–Crippen LogP) is 1.67. The Morgan fingerprint density at radius 1 is 1.38 bits per heavy atom. The van der Waals surface area contributed by atoms with Crippen LogP contribution in [0.4, 0.5) is 0 Å². The summed E-state index contributed by atoms with van der Waals surface area (Å²) >= 11 is 1.91. The van der Waals surface area contributed by atoms with Gasteiger partial charge in [-0.15, -0.1) is 0 Å². The predicted molar refractivity (Wildman–Crippen MR) is 55.0 cm³/mol. The van der Waals surface area contributed by atoms with Crippen LogP contribution in [0.1, 0.15) is 26.2 Å². The zero-order chi connectivity index (χ0) is 9.31. The van der Waals surface area contributed by atoms with Crippen molar-refractivity contribution in [3.63, 3.8) is 0 Å². The lowest BCUT2D eigenvalue weighted by Gasteiger charge is -2.34. The highest BCUT2D eigenvalue weighted by Crippen LogP contribution is 2.42. The second-order valence-electron chi connectivity index (χ2n) is 4.32. The number of ether oxygens (including phenoxy) is 1. The Balaban J connectivity index is 1.97. The molecule has 2 heterocycles. The van der Waals surface area contributed by atoms with Gasteiger partial charge in [0, 0.05) is 24.2 Å². The highest BCUT2D eigenvalue weighted by molar-refractivity contribution is 8.00. The van der Waals surface area contributed by atoms with Gasteiger partial charge in [0.25, 0.3) is 0 Å². The lowest BCUT2D eigenvalue weighted by atomic mass is 9.80. The van der Waals surface area contributed by atoms with Crippen LogP contribution in [0.3, 0.4) is 0 Å². The van der Waals surface area contributed by atoms with E-state index >= 15 is 0 Å². The van der Waals surface area contributed by atoms with Gasteiger partial charge in [-0.3, -0.25) is 0 Å². The normalized spacial score (nSPS) is 42.5. The highest BCUT2D eigenvalue weighted by Gasteiger charge is 2.42. The molecule has 0 spiro atoms. The fraction of sp³-hybridized carbons (Fsp3) is 1.00. The quantitative estimate of drug-likeness (QED) is 0.701. The first kappa shape index (κ1) is 9.81. The molecule has 0 radical (unpaired) electrons. The van der Waals surface area contributed by atoms with Crippen molar-refractivity contribution in [2.75, 3.05) is 19.0 Å². The Morgan fingerprint density at radius 3 is 2.62 bits per heavy atom. The molecule has 0 aromatic carbocycles. The third-order valence-corrected chi connectivity index (χ3v) is 4.64. The first-order valence-electron chi connectivity index (χ1n) is 5.12. The molecule has 2 unspecified atom stereocenters. The number of rotatable bonds is 1. The molecule has 76 valence electrons. The zero-order valence-electron chi connectivity index (χ0n) is 8.16. The highest BCUT2D eigenvalue weighted by atomic mass is 32.2. The summed E-state index contributed by atoms with van der Waals surface area (Å²) in [5.41, 5.74) is -0.381. The summed E-state index contributed by atoms with van der Waals surface area (Å²) in [7, 11) is 0. The fourth-order valence-electron chi connectivity index (χ4n) is 2.42. The van der Waals surface area contributed by atoms with Crippen molar-refractivity contribution >= 4 is 11.8 Å². The van der Waals surface area contributed by atoms with Crippen LogP contribution in [0.15, 0.2) is 0 Å². The molecule has 13 heavy (non-hydrogen) atoms. The fourth-order valence-corrected chi connectivity index (χ4v) is 3.75. The molecule has 2 aliphatic heterocycles.